The van der Waals surface area contributed by atoms with E-state index in [1.54, 1.807) is 12.1 Å². The smallest absolute Gasteiger partial charge is 0.227 e. The highest BCUT2D eigenvalue weighted by atomic mass is 35.5. The molecule has 166 valence electrons. The number of halogens is 2. The van der Waals surface area contributed by atoms with Crippen LogP contribution in [0, 0.1) is 5.82 Å². The molecular weight excluding hydrogens is 415 g/mol. The van der Waals surface area contributed by atoms with Gasteiger partial charge in [0.15, 0.2) is 5.78 Å². The summed E-state index contributed by atoms with van der Waals surface area (Å²) < 4.78 is 13.1. The third-order valence-corrected chi connectivity index (χ3v) is 6.11. The summed E-state index contributed by atoms with van der Waals surface area (Å²) in [6.07, 6.45) is 6.49. The minimum absolute atomic E-state index is 0. The third-order valence-electron chi connectivity index (χ3n) is 6.11. The molecule has 0 saturated heterocycles. The fourth-order valence-electron chi connectivity index (χ4n) is 4.53. The molecule has 0 radical (unpaired) electrons. The van der Waals surface area contributed by atoms with Crippen molar-refractivity contribution in [1.82, 2.24) is 5.32 Å². The Hall–Kier alpha value is -2.24. The second-order valence-electron chi connectivity index (χ2n) is 8.30. The second kappa shape index (κ2) is 10.9. The quantitative estimate of drug-likeness (QED) is 0.428. The number of rotatable bonds is 10. The number of hydrogen-bond donors (Lipinski definition) is 1. The van der Waals surface area contributed by atoms with Crippen LogP contribution < -0.4 is 10.2 Å². The van der Waals surface area contributed by atoms with Crippen molar-refractivity contribution < 1.29 is 14.0 Å². The summed E-state index contributed by atoms with van der Waals surface area (Å²) in [6, 6.07) is 10.8. The molecule has 4 nitrogen and oxygen atoms in total. The summed E-state index contributed by atoms with van der Waals surface area (Å²) in [5.74, 6) is 0.240. The first-order chi connectivity index (χ1) is 14.6. The van der Waals surface area contributed by atoms with Crippen LogP contribution in [0.25, 0.3) is 0 Å². The number of benzene rings is 2. The summed E-state index contributed by atoms with van der Waals surface area (Å²) >= 11 is 0. The Balaban J connectivity index is 0.00000272. The van der Waals surface area contributed by atoms with Crippen LogP contribution >= 0.6 is 12.4 Å². The molecule has 2 aliphatic rings. The number of carbonyl (C=O) groups is 2. The molecule has 2 heterocycles. The van der Waals surface area contributed by atoms with Crippen molar-refractivity contribution in [3.63, 3.8) is 0 Å². The number of Topliss-reactive ketones (excluding diaryl/α,β-unsaturated/α-hetero) is 1. The fraction of sp³-hybridized carbons (Fsp3) is 0.440. The molecule has 2 aromatic carbocycles. The summed E-state index contributed by atoms with van der Waals surface area (Å²) in [5.41, 5.74) is 5.22. The SMILES string of the molecule is Cl.O=C(CCCCCNCCc1cccc(F)c1)c1cc2c3c(c1)CCN3C(=O)CC2. The average Bonchev–Trinajstić information content (AvgIpc) is 3.18. The van der Waals surface area contributed by atoms with Crippen LogP contribution in [0.2, 0.25) is 0 Å². The molecule has 2 aliphatic heterocycles. The van der Waals surface area contributed by atoms with Gasteiger partial charge in [0.1, 0.15) is 5.82 Å². The Bertz CT molecular complexity index is 947. The van der Waals surface area contributed by atoms with Crippen LogP contribution in [-0.2, 0) is 24.1 Å². The lowest BCUT2D eigenvalue weighted by molar-refractivity contribution is -0.118. The van der Waals surface area contributed by atoms with Gasteiger partial charge < -0.3 is 10.2 Å². The summed E-state index contributed by atoms with van der Waals surface area (Å²) in [4.78, 5) is 26.6. The standard InChI is InChI=1S/C25H29FN2O2.ClH/c26-22-6-4-5-18(15-22)10-13-27-12-3-1-2-7-23(29)21-16-19-8-9-24(30)28-14-11-20(17-21)25(19)28;/h4-6,15-17,27H,1-3,7-14H2;1H. The number of unbranched alkanes of at least 4 members (excludes halogenated alkanes) is 2. The maximum Gasteiger partial charge on any atom is 0.227 e. The monoisotopic (exact) mass is 444 g/mol. The summed E-state index contributed by atoms with van der Waals surface area (Å²) in [7, 11) is 0. The maximum atomic E-state index is 13.1. The average molecular weight is 445 g/mol. The van der Waals surface area contributed by atoms with Gasteiger partial charge in [-0.15, -0.1) is 12.4 Å². The molecular formula is C25H30ClFN2O2. The predicted octanol–water partition coefficient (Wildman–Crippen LogP) is 4.66. The fourth-order valence-corrected chi connectivity index (χ4v) is 4.53. The molecule has 0 spiro atoms. The van der Waals surface area contributed by atoms with E-state index in [0.29, 0.717) is 12.8 Å². The van der Waals surface area contributed by atoms with E-state index < -0.39 is 0 Å². The highest BCUT2D eigenvalue weighted by molar-refractivity contribution is 6.02. The summed E-state index contributed by atoms with van der Waals surface area (Å²) in [6.45, 7) is 2.50. The lowest BCUT2D eigenvalue weighted by Gasteiger charge is -2.25. The van der Waals surface area contributed by atoms with Gasteiger partial charge in [-0.3, -0.25) is 9.59 Å². The molecule has 0 fully saturated rings. The number of anilines is 1. The molecule has 0 atom stereocenters. The van der Waals surface area contributed by atoms with E-state index in [0.717, 1.165) is 86.1 Å². The van der Waals surface area contributed by atoms with Gasteiger partial charge in [-0.05, 0) is 86.1 Å². The second-order valence-corrected chi connectivity index (χ2v) is 8.30. The van der Waals surface area contributed by atoms with Gasteiger partial charge in [0.25, 0.3) is 0 Å². The Labute approximate surface area is 189 Å². The van der Waals surface area contributed by atoms with Crippen molar-refractivity contribution in [2.75, 3.05) is 24.5 Å². The van der Waals surface area contributed by atoms with Gasteiger partial charge in [0, 0.05) is 24.9 Å². The van der Waals surface area contributed by atoms with Crippen LogP contribution in [0.1, 0.15) is 59.2 Å². The zero-order valence-electron chi connectivity index (χ0n) is 17.8. The van der Waals surface area contributed by atoms with Crippen molar-refractivity contribution in [2.24, 2.45) is 0 Å². The minimum atomic E-state index is -0.185. The number of hydrogen-bond acceptors (Lipinski definition) is 3. The third kappa shape index (κ3) is 5.72. The Morgan fingerprint density at radius 2 is 1.81 bits per heavy atom. The largest absolute Gasteiger partial charge is 0.316 e. The van der Waals surface area contributed by atoms with Gasteiger partial charge in [-0.25, -0.2) is 4.39 Å². The van der Waals surface area contributed by atoms with Gasteiger partial charge >= 0.3 is 0 Å². The van der Waals surface area contributed by atoms with Crippen LogP contribution in [0.5, 0.6) is 0 Å². The number of amides is 1. The first-order valence-corrected chi connectivity index (χ1v) is 11.1. The van der Waals surface area contributed by atoms with E-state index in [2.05, 4.69) is 5.32 Å². The van der Waals surface area contributed by atoms with E-state index >= 15 is 0 Å². The van der Waals surface area contributed by atoms with Crippen molar-refractivity contribution in [3.05, 3.63) is 64.5 Å². The molecule has 1 amide bonds. The van der Waals surface area contributed by atoms with Gasteiger partial charge in [0.05, 0.1) is 5.69 Å². The first-order valence-electron chi connectivity index (χ1n) is 11.1. The number of ketones is 1. The summed E-state index contributed by atoms with van der Waals surface area (Å²) in [5, 5.41) is 3.39. The number of aryl methyl sites for hydroxylation is 1. The Kier molecular flexibility index (Phi) is 8.22. The Morgan fingerprint density at radius 3 is 2.61 bits per heavy atom. The molecule has 0 aromatic heterocycles. The van der Waals surface area contributed by atoms with Crippen molar-refractivity contribution in [1.29, 1.82) is 0 Å². The molecule has 0 unspecified atom stereocenters. The predicted molar refractivity (Wildman–Crippen MR) is 124 cm³/mol. The molecule has 0 bridgehead atoms. The highest BCUT2D eigenvalue weighted by Gasteiger charge is 2.31. The number of nitrogens with one attached hydrogen (secondary N) is 1. The lowest BCUT2D eigenvalue weighted by Crippen LogP contribution is -2.32. The normalized spacial score (nSPS) is 14.4. The van der Waals surface area contributed by atoms with Crippen molar-refractivity contribution in [3.8, 4) is 0 Å². The Morgan fingerprint density at radius 1 is 1.00 bits per heavy atom. The number of carbonyl (C=O) groups excluding carboxylic acids is 2. The number of nitrogens with zero attached hydrogens (tertiary/aromatic N) is 1. The zero-order valence-corrected chi connectivity index (χ0v) is 18.6. The van der Waals surface area contributed by atoms with E-state index in [4.69, 9.17) is 0 Å². The van der Waals surface area contributed by atoms with Crippen LogP contribution in [-0.4, -0.2) is 31.3 Å². The maximum absolute atomic E-state index is 13.1. The highest BCUT2D eigenvalue weighted by Crippen LogP contribution is 2.37. The topological polar surface area (TPSA) is 49.4 Å². The van der Waals surface area contributed by atoms with Crippen molar-refractivity contribution in [2.45, 2.75) is 51.4 Å². The zero-order chi connectivity index (χ0) is 20.9. The van der Waals surface area contributed by atoms with Gasteiger partial charge in [0.2, 0.25) is 5.91 Å². The van der Waals surface area contributed by atoms with Crippen LogP contribution in [0.4, 0.5) is 10.1 Å². The molecule has 0 saturated carbocycles. The van der Waals surface area contributed by atoms with E-state index in [1.165, 1.54) is 6.07 Å². The van der Waals surface area contributed by atoms with Crippen LogP contribution in [0.3, 0.4) is 0 Å². The molecule has 6 heteroatoms. The lowest BCUT2D eigenvalue weighted by atomic mass is 9.94. The molecule has 0 aliphatic carbocycles. The first kappa shape index (κ1) is 23.4. The molecule has 31 heavy (non-hydrogen) atoms. The van der Waals surface area contributed by atoms with Crippen LogP contribution in [0.15, 0.2) is 36.4 Å². The molecule has 4 rings (SSSR count). The van der Waals surface area contributed by atoms with E-state index in [1.807, 2.05) is 23.1 Å². The molecule has 1 N–H and O–H groups in total. The van der Waals surface area contributed by atoms with Crippen molar-refractivity contribution >= 4 is 29.8 Å². The van der Waals surface area contributed by atoms with E-state index in [9.17, 15) is 14.0 Å². The minimum Gasteiger partial charge on any atom is -0.316 e. The van der Waals surface area contributed by atoms with E-state index in [-0.39, 0.29) is 29.9 Å². The molecule has 2 aromatic rings. The van der Waals surface area contributed by atoms with Gasteiger partial charge in [-0.2, -0.15) is 0 Å². The van der Waals surface area contributed by atoms with Gasteiger partial charge in [-0.1, -0.05) is 18.6 Å².